The number of fused-ring (bicyclic) bond motifs is 10. The number of hydrogen-bond acceptors (Lipinski definition) is 2. The standard InChI is InChI=1S/C49H36N2O/c1-29-42(23-20-37-35-19-15-33(41-13-8-9-25-50-41)28-40(35)49(2,3)48(29)37)51-43-21-17-31(27-39(43)47-34-11-5-4-10-30(34)16-22-44(47)51)32-18-24-46-38(26-32)36-12-6-7-14-45(36)52-46/h4-29,42H,1-3H3. The van der Waals surface area contributed by atoms with Crippen molar-refractivity contribution in [3.05, 3.63) is 169 Å². The summed E-state index contributed by atoms with van der Waals surface area (Å²) < 4.78 is 8.80. The highest BCUT2D eigenvalue weighted by molar-refractivity contribution is 6.21. The molecule has 2 unspecified atom stereocenters. The van der Waals surface area contributed by atoms with E-state index < -0.39 is 0 Å². The van der Waals surface area contributed by atoms with E-state index in [0.717, 1.165) is 27.6 Å². The monoisotopic (exact) mass is 668 g/mol. The topological polar surface area (TPSA) is 31.0 Å². The molecule has 0 saturated carbocycles. The zero-order valence-electron chi connectivity index (χ0n) is 29.4. The summed E-state index contributed by atoms with van der Waals surface area (Å²) in [5, 5.41) is 7.47. The lowest BCUT2D eigenvalue weighted by Gasteiger charge is -2.36. The van der Waals surface area contributed by atoms with Gasteiger partial charge in [-0.3, -0.25) is 4.98 Å². The van der Waals surface area contributed by atoms with Crippen LogP contribution in [0.5, 0.6) is 0 Å². The Labute approximate surface area is 302 Å². The number of hydrogen-bond donors (Lipinski definition) is 0. The van der Waals surface area contributed by atoms with E-state index in [2.05, 4.69) is 158 Å². The maximum atomic E-state index is 6.17. The maximum Gasteiger partial charge on any atom is 0.135 e. The van der Waals surface area contributed by atoms with Gasteiger partial charge in [0.15, 0.2) is 0 Å². The van der Waals surface area contributed by atoms with Gasteiger partial charge in [-0.25, -0.2) is 0 Å². The van der Waals surface area contributed by atoms with Gasteiger partial charge in [0, 0.05) is 50.2 Å². The Bertz CT molecular complexity index is 3010. The van der Waals surface area contributed by atoms with E-state index in [-0.39, 0.29) is 17.4 Å². The van der Waals surface area contributed by atoms with E-state index in [0.29, 0.717) is 0 Å². The average molecular weight is 669 g/mol. The van der Waals surface area contributed by atoms with Gasteiger partial charge in [-0.2, -0.15) is 0 Å². The van der Waals surface area contributed by atoms with E-state index >= 15 is 0 Å². The lowest BCUT2D eigenvalue weighted by Crippen LogP contribution is -2.28. The fourth-order valence-corrected chi connectivity index (χ4v) is 9.68. The highest BCUT2D eigenvalue weighted by Gasteiger charge is 2.43. The molecule has 9 aromatic rings. The molecule has 2 aliphatic rings. The zero-order valence-corrected chi connectivity index (χ0v) is 29.4. The number of rotatable bonds is 3. The molecule has 6 aromatic carbocycles. The second-order valence-electron chi connectivity index (χ2n) is 15.2. The summed E-state index contributed by atoms with van der Waals surface area (Å²) in [5.74, 6) is 0.280. The van der Waals surface area contributed by atoms with Crippen LogP contribution in [0.4, 0.5) is 0 Å². The fraction of sp³-hybridized carbons (Fsp3) is 0.122. The second-order valence-corrected chi connectivity index (χ2v) is 15.2. The number of nitrogens with zero attached hydrogens (tertiary/aromatic N) is 2. The van der Waals surface area contributed by atoms with Crippen LogP contribution < -0.4 is 0 Å². The minimum atomic E-state index is -0.119. The van der Waals surface area contributed by atoms with Gasteiger partial charge in [-0.1, -0.05) is 112 Å². The lowest BCUT2D eigenvalue weighted by atomic mass is 9.72. The third-order valence-corrected chi connectivity index (χ3v) is 12.0. The molecular formula is C49H36N2O. The highest BCUT2D eigenvalue weighted by atomic mass is 16.3. The normalized spacial score (nSPS) is 17.9. The van der Waals surface area contributed by atoms with Crippen molar-refractivity contribution in [1.29, 1.82) is 0 Å². The SMILES string of the molecule is CC1C2=C(C=CC1n1c3ccc(-c4ccc5oc6ccccc6c5c4)cc3c3c4ccccc4ccc31)c1ccc(-c3ccccn3)cc1C2(C)C. The number of pyridine rings is 1. The summed E-state index contributed by atoms with van der Waals surface area (Å²) in [6.45, 7) is 7.26. The summed E-state index contributed by atoms with van der Waals surface area (Å²) in [7, 11) is 0. The molecule has 0 N–H and O–H groups in total. The molecule has 0 saturated heterocycles. The van der Waals surface area contributed by atoms with Gasteiger partial charge in [0.05, 0.1) is 17.3 Å². The molecule has 0 amide bonds. The van der Waals surface area contributed by atoms with E-state index in [1.807, 2.05) is 24.4 Å². The van der Waals surface area contributed by atoms with Gasteiger partial charge in [-0.15, -0.1) is 0 Å². The molecule has 3 heteroatoms. The first-order chi connectivity index (χ1) is 25.5. The molecule has 0 spiro atoms. The van der Waals surface area contributed by atoms with Gasteiger partial charge in [-0.05, 0) is 98.8 Å². The van der Waals surface area contributed by atoms with Crippen molar-refractivity contribution in [2.24, 2.45) is 5.92 Å². The van der Waals surface area contributed by atoms with Gasteiger partial charge >= 0.3 is 0 Å². The van der Waals surface area contributed by atoms with Crippen molar-refractivity contribution in [3.8, 4) is 22.4 Å². The Morgan fingerprint density at radius 3 is 2.23 bits per heavy atom. The summed E-state index contributed by atoms with van der Waals surface area (Å²) in [4.78, 5) is 4.67. The third-order valence-electron chi connectivity index (χ3n) is 12.0. The smallest absolute Gasteiger partial charge is 0.135 e. The first-order valence-electron chi connectivity index (χ1n) is 18.3. The minimum absolute atomic E-state index is 0.119. The predicted molar refractivity (Wildman–Crippen MR) is 217 cm³/mol. The van der Waals surface area contributed by atoms with E-state index in [4.69, 9.17) is 4.42 Å². The van der Waals surface area contributed by atoms with Crippen molar-refractivity contribution < 1.29 is 4.42 Å². The van der Waals surface area contributed by atoms with Crippen LogP contribution in [-0.2, 0) is 5.41 Å². The Kier molecular flexibility index (Phi) is 6.06. The van der Waals surface area contributed by atoms with E-state index in [1.165, 1.54) is 71.5 Å². The molecule has 3 aromatic heterocycles. The highest BCUT2D eigenvalue weighted by Crippen LogP contribution is 2.55. The zero-order chi connectivity index (χ0) is 34.7. The summed E-state index contributed by atoms with van der Waals surface area (Å²) in [6.07, 6.45) is 6.75. The third kappa shape index (κ3) is 4.05. The number of aromatic nitrogens is 2. The Balaban J connectivity index is 1.08. The van der Waals surface area contributed by atoms with Crippen LogP contribution in [-0.4, -0.2) is 9.55 Å². The van der Waals surface area contributed by atoms with Crippen molar-refractivity contribution in [1.82, 2.24) is 9.55 Å². The molecule has 11 rings (SSSR count). The van der Waals surface area contributed by atoms with Crippen molar-refractivity contribution in [3.63, 3.8) is 0 Å². The molecule has 2 atom stereocenters. The maximum absolute atomic E-state index is 6.17. The number of benzene rings is 6. The first-order valence-corrected chi connectivity index (χ1v) is 18.3. The second kappa shape index (κ2) is 10.7. The van der Waals surface area contributed by atoms with Gasteiger partial charge in [0.25, 0.3) is 0 Å². The largest absolute Gasteiger partial charge is 0.456 e. The number of para-hydroxylation sites is 1. The lowest BCUT2D eigenvalue weighted by molar-refractivity contribution is 0.433. The molecule has 0 aliphatic heterocycles. The summed E-state index contributed by atoms with van der Waals surface area (Å²) >= 11 is 0. The first kappa shape index (κ1) is 29.5. The van der Waals surface area contributed by atoms with Crippen molar-refractivity contribution in [2.45, 2.75) is 32.2 Å². The van der Waals surface area contributed by atoms with Crippen LogP contribution in [0.2, 0.25) is 0 Å². The predicted octanol–water partition coefficient (Wildman–Crippen LogP) is 13.1. The summed E-state index contributed by atoms with van der Waals surface area (Å²) in [6, 6.07) is 48.7. The fourth-order valence-electron chi connectivity index (χ4n) is 9.68. The van der Waals surface area contributed by atoms with Gasteiger partial charge in [0.1, 0.15) is 11.2 Å². The molecule has 0 radical (unpaired) electrons. The average Bonchev–Trinajstić information content (AvgIpc) is 3.80. The van der Waals surface area contributed by atoms with Gasteiger partial charge < -0.3 is 8.98 Å². The summed E-state index contributed by atoms with van der Waals surface area (Å²) in [5.41, 5.74) is 14.5. The molecule has 0 bridgehead atoms. The molecule has 2 aliphatic carbocycles. The molecule has 3 heterocycles. The Morgan fingerprint density at radius 2 is 1.37 bits per heavy atom. The van der Waals surface area contributed by atoms with Crippen LogP contribution in [0.15, 0.2) is 162 Å². The van der Waals surface area contributed by atoms with Crippen LogP contribution in [0.25, 0.3) is 82.5 Å². The van der Waals surface area contributed by atoms with Gasteiger partial charge in [0.2, 0.25) is 0 Å². The molecule has 0 fully saturated rings. The quantitative estimate of drug-likeness (QED) is 0.188. The number of furan rings is 1. The van der Waals surface area contributed by atoms with E-state index in [1.54, 1.807) is 0 Å². The molecule has 52 heavy (non-hydrogen) atoms. The van der Waals surface area contributed by atoms with Crippen LogP contribution in [0.3, 0.4) is 0 Å². The number of allylic oxidation sites excluding steroid dienone is 4. The van der Waals surface area contributed by atoms with Crippen LogP contribution in [0.1, 0.15) is 37.9 Å². The van der Waals surface area contributed by atoms with Crippen molar-refractivity contribution in [2.75, 3.05) is 0 Å². The Hall–Kier alpha value is -6.19. The Morgan fingerprint density at radius 1 is 0.635 bits per heavy atom. The minimum Gasteiger partial charge on any atom is -0.456 e. The van der Waals surface area contributed by atoms with Crippen molar-refractivity contribution >= 4 is 60.1 Å². The molecular weight excluding hydrogens is 633 g/mol. The van der Waals surface area contributed by atoms with Crippen LogP contribution >= 0.6 is 0 Å². The molecule has 248 valence electrons. The van der Waals surface area contributed by atoms with E-state index in [9.17, 15) is 0 Å². The van der Waals surface area contributed by atoms with Crippen LogP contribution in [0, 0.1) is 5.92 Å². The molecule has 3 nitrogen and oxygen atoms in total.